The first-order valence-corrected chi connectivity index (χ1v) is 9.72. The third kappa shape index (κ3) is 6.12. The minimum atomic E-state index is -0.433. The summed E-state index contributed by atoms with van der Waals surface area (Å²) in [5.74, 6) is -0.672. The van der Waals surface area contributed by atoms with Gasteiger partial charge in [-0.15, -0.1) is 11.3 Å². The van der Waals surface area contributed by atoms with Crippen molar-refractivity contribution in [3.8, 4) is 0 Å². The van der Waals surface area contributed by atoms with E-state index in [0.717, 1.165) is 36.3 Å². The summed E-state index contributed by atoms with van der Waals surface area (Å²) in [7, 11) is 0. The molecule has 132 valence electrons. The molecule has 0 saturated heterocycles. The fraction of sp³-hybridized carbons (Fsp3) is 0.600. The van der Waals surface area contributed by atoms with Crippen molar-refractivity contribution in [3.05, 3.63) is 10.6 Å². The van der Waals surface area contributed by atoms with Gasteiger partial charge in [0.15, 0.2) is 4.34 Å². The highest BCUT2D eigenvalue weighted by Crippen LogP contribution is 2.27. The van der Waals surface area contributed by atoms with Crippen LogP contribution < -0.4 is 16.4 Å². The highest BCUT2D eigenvalue weighted by Gasteiger charge is 2.17. The van der Waals surface area contributed by atoms with Gasteiger partial charge in [0, 0.05) is 10.9 Å². The summed E-state index contributed by atoms with van der Waals surface area (Å²) >= 11 is 2.59. The minimum absolute atomic E-state index is 0.0983. The van der Waals surface area contributed by atoms with Crippen molar-refractivity contribution in [2.24, 2.45) is 5.73 Å². The van der Waals surface area contributed by atoms with E-state index in [1.165, 1.54) is 29.5 Å². The predicted molar refractivity (Wildman–Crippen MR) is 94.0 cm³/mol. The molecule has 24 heavy (non-hydrogen) atoms. The molecule has 1 aliphatic rings. The van der Waals surface area contributed by atoms with Crippen molar-refractivity contribution in [1.29, 1.82) is 0 Å². The summed E-state index contributed by atoms with van der Waals surface area (Å²) in [6.07, 6.45) is 5.53. The SMILES string of the molecule is Cc1nc(SCC(=O)NC(=O)NC2CCCCC2)sc1CC(N)=O. The first-order chi connectivity index (χ1) is 11.4. The van der Waals surface area contributed by atoms with Gasteiger partial charge in [0.05, 0.1) is 17.9 Å². The highest BCUT2D eigenvalue weighted by molar-refractivity contribution is 8.01. The Bertz CT molecular complexity index is 612. The molecule has 0 radical (unpaired) electrons. The second-order valence-corrected chi connectivity index (χ2v) is 8.08. The molecule has 7 nitrogen and oxygen atoms in total. The van der Waals surface area contributed by atoms with Gasteiger partial charge in [-0.2, -0.15) is 0 Å². The lowest BCUT2D eigenvalue weighted by molar-refractivity contribution is -0.118. The normalized spacial score (nSPS) is 15.0. The van der Waals surface area contributed by atoms with Crippen LogP contribution in [0.1, 0.15) is 42.7 Å². The number of imide groups is 1. The Morgan fingerprint density at radius 2 is 2.00 bits per heavy atom. The van der Waals surface area contributed by atoms with Crippen LogP contribution in [0, 0.1) is 6.92 Å². The van der Waals surface area contributed by atoms with Crippen molar-refractivity contribution in [2.45, 2.75) is 55.8 Å². The van der Waals surface area contributed by atoms with E-state index >= 15 is 0 Å². The number of nitrogens with zero attached hydrogens (tertiary/aromatic N) is 1. The average Bonchev–Trinajstić information content (AvgIpc) is 2.85. The fourth-order valence-corrected chi connectivity index (χ4v) is 4.59. The van der Waals surface area contributed by atoms with E-state index < -0.39 is 11.9 Å². The van der Waals surface area contributed by atoms with E-state index in [-0.39, 0.29) is 24.1 Å². The van der Waals surface area contributed by atoms with Crippen LogP contribution in [0.2, 0.25) is 0 Å². The van der Waals surface area contributed by atoms with Crippen LogP contribution in [0.5, 0.6) is 0 Å². The zero-order chi connectivity index (χ0) is 17.5. The first kappa shape index (κ1) is 18.7. The number of thioether (sulfide) groups is 1. The van der Waals surface area contributed by atoms with Crippen molar-refractivity contribution < 1.29 is 14.4 Å². The zero-order valence-electron chi connectivity index (χ0n) is 13.6. The number of thiazole rings is 1. The van der Waals surface area contributed by atoms with Gasteiger partial charge in [0.1, 0.15) is 0 Å². The molecule has 0 atom stereocenters. The van der Waals surface area contributed by atoms with Gasteiger partial charge in [-0.3, -0.25) is 14.9 Å². The Morgan fingerprint density at radius 1 is 1.29 bits per heavy atom. The number of aromatic nitrogens is 1. The number of primary amides is 1. The molecule has 0 spiro atoms. The number of hydrogen-bond donors (Lipinski definition) is 3. The molecule has 4 amide bonds. The molecule has 2 rings (SSSR count). The molecule has 0 unspecified atom stereocenters. The van der Waals surface area contributed by atoms with Gasteiger partial charge < -0.3 is 11.1 Å². The number of carbonyl (C=O) groups excluding carboxylic acids is 3. The Labute approximate surface area is 149 Å². The van der Waals surface area contributed by atoms with E-state index in [2.05, 4.69) is 15.6 Å². The second kappa shape index (κ2) is 9.03. The van der Waals surface area contributed by atoms with Crippen LogP contribution in [0.4, 0.5) is 4.79 Å². The van der Waals surface area contributed by atoms with Gasteiger partial charge in [-0.25, -0.2) is 9.78 Å². The standard InChI is InChI=1S/C15H22N4O3S2/c1-9-11(7-12(16)20)24-15(17-9)23-8-13(21)19-14(22)18-10-5-3-2-4-6-10/h10H,2-8H2,1H3,(H2,16,20)(H2,18,19,21,22). The van der Waals surface area contributed by atoms with Crippen LogP contribution in [0.25, 0.3) is 0 Å². The molecular formula is C15H22N4O3S2. The van der Waals surface area contributed by atoms with Crippen molar-refractivity contribution in [1.82, 2.24) is 15.6 Å². The molecule has 1 fully saturated rings. The molecule has 1 aromatic rings. The quantitative estimate of drug-likeness (QED) is 0.660. The van der Waals surface area contributed by atoms with E-state index in [1.807, 2.05) is 0 Å². The molecule has 0 aromatic carbocycles. The third-order valence-corrected chi connectivity index (χ3v) is 6.03. The number of nitrogens with one attached hydrogen (secondary N) is 2. The van der Waals surface area contributed by atoms with Gasteiger partial charge in [-0.05, 0) is 19.8 Å². The lowest BCUT2D eigenvalue weighted by Crippen LogP contribution is -2.45. The van der Waals surface area contributed by atoms with E-state index in [0.29, 0.717) is 4.34 Å². The second-order valence-electron chi connectivity index (χ2n) is 5.78. The number of hydrogen-bond acceptors (Lipinski definition) is 6. The smallest absolute Gasteiger partial charge is 0.321 e. The molecule has 4 N–H and O–H groups in total. The fourth-order valence-electron chi connectivity index (χ4n) is 2.54. The van der Waals surface area contributed by atoms with Crippen LogP contribution in [-0.2, 0) is 16.0 Å². The summed E-state index contributed by atoms with van der Waals surface area (Å²) < 4.78 is 0.687. The summed E-state index contributed by atoms with van der Waals surface area (Å²) in [6, 6.07) is -0.269. The Kier molecular flexibility index (Phi) is 7.04. The maximum atomic E-state index is 11.8. The van der Waals surface area contributed by atoms with E-state index in [1.54, 1.807) is 6.92 Å². The molecular weight excluding hydrogens is 348 g/mol. The number of nitrogens with two attached hydrogens (primary N) is 1. The van der Waals surface area contributed by atoms with Crippen LogP contribution in [0.15, 0.2) is 4.34 Å². The number of rotatable bonds is 6. The van der Waals surface area contributed by atoms with Crippen molar-refractivity contribution >= 4 is 40.9 Å². The molecule has 1 aromatic heterocycles. The van der Waals surface area contributed by atoms with Gasteiger partial charge in [-0.1, -0.05) is 31.0 Å². The van der Waals surface area contributed by atoms with Gasteiger partial charge >= 0.3 is 6.03 Å². The minimum Gasteiger partial charge on any atom is -0.369 e. The Morgan fingerprint density at radius 3 is 2.67 bits per heavy atom. The molecule has 0 bridgehead atoms. The number of amides is 4. The summed E-state index contributed by atoms with van der Waals surface area (Å²) in [4.78, 5) is 39.7. The third-order valence-electron chi connectivity index (χ3n) is 3.73. The summed E-state index contributed by atoms with van der Waals surface area (Å²) in [5, 5.41) is 5.18. The van der Waals surface area contributed by atoms with Crippen molar-refractivity contribution in [2.75, 3.05) is 5.75 Å². The molecule has 1 heterocycles. The average molecular weight is 371 g/mol. The van der Waals surface area contributed by atoms with Gasteiger partial charge in [0.2, 0.25) is 11.8 Å². The Balaban J connectivity index is 1.74. The van der Waals surface area contributed by atoms with Crippen LogP contribution in [0.3, 0.4) is 0 Å². The molecule has 0 aliphatic heterocycles. The Hall–Kier alpha value is -1.61. The number of urea groups is 1. The summed E-state index contributed by atoms with van der Waals surface area (Å²) in [5.41, 5.74) is 5.93. The predicted octanol–water partition coefficient (Wildman–Crippen LogP) is 1.73. The molecule has 9 heteroatoms. The lowest BCUT2D eigenvalue weighted by Gasteiger charge is -2.22. The number of carbonyl (C=O) groups is 3. The molecule has 1 aliphatic carbocycles. The maximum Gasteiger partial charge on any atom is 0.321 e. The topological polar surface area (TPSA) is 114 Å². The van der Waals surface area contributed by atoms with E-state index in [9.17, 15) is 14.4 Å². The maximum absolute atomic E-state index is 11.8. The summed E-state index contributed by atoms with van der Waals surface area (Å²) in [6.45, 7) is 1.80. The van der Waals surface area contributed by atoms with Crippen molar-refractivity contribution in [3.63, 3.8) is 0 Å². The lowest BCUT2D eigenvalue weighted by atomic mass is 9.96. The van der Waals surface area contributed by atoms with E-state index in [4.69, 9.17) is 5.73 Å². The van der Waals surface area contributed by atoms with Crippen LogP contribution >= 0.6 is 23.1 Å². The first-order valence-electron chi connectivity index (χ1n) is 7.92. The van der Waals surface area contributed by atoms with Gasteiger partial charge in [0.25, 0.3) is 0 Å². The number of aryl methyl sites for hydroxylation is 1. The largest absolute Gasteiger partial charge is 0.369 e. The monoisotopic (exact) mass is 370 g/mol. The molecule has 1 saturated carbocycles. The highest BCUT2D eigenvalue weighted by atomic mass is 32.2. The van der Waals surface area contributed by atoms with Crippen LogP contribution in [-0.4, -0.2) is 34.6 Å². The zero-order valence-corrected chi connectivity index (χ0v) is 15.2.